The Kier molecular flexibility index (Phi) is 2.50. The third-order valence-electron chi connectivity index (χ3n) is 3.07. The number of aliphatic hydroxyl groups is 1. The second-order valence-electron chi connectivity index (χ2n) is 4.15. The fraction of sp³-hybridized carbons (Fsp3) is 0.417. The third-order valence-corrected chi connectivity index (χ3v) is 4.41. The Morgan fingerprint density at radius 3 is 2.75 bits per heavy atom. The van der Waals surface area contributed by atoms with Crippen molar-refractivity contribution in [2.24, 2.45) is 0 Å². The summed E-state index contributed by atoms with van der Waals surface area (Å²) in [5.41, 5.74) is 0. The molecule has 0 aromatic heterocycles. The largest absolute Gasteiger partial charge is 0.389 e. The first-order valence-corrected chi connectivity index (χ1v) is 6.21. The second kappa shape index (κ2) is 3.87. The number of hydrogen-bond donors (Lipinski definition) is 1. The number of hydrogen-bond acceptors (Lipinski definition) is 4. The average molecular weight is 236 g/mol. The number of carbonyl (C=O) groups excluding carboxylic acids is 1. The van der Waals surface area contributed by atoms with Gasteiger partial charge in [0.2, 0.25) is 0 Å². The molecule has 4 heteroatoms. The minimum atomic E-state index is -0.520. The number of Topliss-reactive ketones (excluding diaryl/α,β-unsaturated/α-hetero) is 1. The molecule has 4 atom stereocenters. The van der Waals surface area contributed by atoms with Crippen LogP contribution in [0.3, 0.4) is 0 Å². The molecule has 1 N–H and O–H groups in total. The van der Waals surface area contributed by atoms with Crippen molar-refractivity contribution in [3.63, 3.8) is 0 Å². The van der Waals surface area contributed by atoms with Crippen LogP contribution in [0.1, 0.15) is 6.42 Å². The van der Waals surface area contributed by atoms with E-state index in [2.05, 4.69) is 0 Å². The Labute approximate surface area is 97.8 Å². The summed E-state index contributed by atoms with van der Waals surface area (Å²) in [6.45, 7) is 0. The Bertz CT molecular complexity index is 406. The van der Waals surface area contributed by atoms with Crippen molar-refractivity contribution in [3.8, 4) is 0 Å². The van der Waals surface area contributed by atoms with Gasteiger partial charge in [-0.1, -0.05) is 18.2 Å². The molecule has 0 unspecified atom stereocenters. The number of aliphatic hydroxyl groups excluding tert-OH is 1. The summed E-state index contributed by atoms with van der Waals surface area (Å²) in [5, 5.41) is 9.82. The van der Waals surface area contributed by atoms with E-state index in [4.69, 9.17) is 4.74 Å². The van der Waals surface area contributed by atoms with Crippen LogP contribution in [0.15, 0.2) is 35.2 Å². The summed E-state index contributed by atoms with van der Waals surface area (Å²) in [7, 11) is 0. The minimum absolute atomic E-state index is 0.128. The lowest BCUT2D eigenvalue weighted by molar-refractivity contribution is -0.122. The molecule has 84 valence electrons. The lowest BCUT2D eigenvalue weighted by Crippen LogP contribution is -2.39. The number of ketones is 1. The molecule has 0 aliphatic carbocycles. The molecule has 1 aromatic rings. The van der Waals surface area contributed by atoms with Crippen molar-refractivity contribution < 1.29 is 14.6 Å². The maximum atomic E-state index is 11.5. The van der Waals surface area contributed by atoms with Crippen LogP contribution < -0.4 is 0 Å². The normalized spacial score (nSPS) is 36.9. The highest BCUT2D eigenvalue weighted by Crippen LogP contribution is 2.41. The summed E-state index contributed by atoms with van der Waals surface area (Å²) in [4.78, 5) is 12.6. The summed E-state index contributed by atoms with van der Waals surface area (Å²) in [6.07, 6.45) is -0.839. The van der Waals surface area contributed by atoms with Gasteiger partial charge in [0, 0.05) is 11.3 Å². The van der Waals surface area contributed by atoms with Gasteiger partial charge in [0.05, 0.1) is 17.5 Å². The van der Waals surface area contributed by atoms with E-state index in [1.54, 1.807) is 0 Å². The standard InChI is InChI=1S/C12H12O3S/c13-8-6-9-10(14)12(11(8)15-9)16-7-4-2-1-3-5-7/h1-5,9-12,14H,6H2/t9-,10-,11+,12+/m1/s1. The Morgan fingerprint density at radius 1 is 1.31 bits per heavy atom. The quantitative estimate of drug-likeness (QED) is 0.839. The van der Waals surface area contributed by atoms with Gasteiger partial charge in [-0.2, -0.15) is 0 Å². The number of benzene rings is 1. The van der Waals surface area contributed by atoms with Gasteiger partial charge < -0.3 is 9.84 Å². The fourth-order valence-corrected chi connectivity index (χ4v) is 3.55. The monoisotopic (exact) mass is 236 g/mol. The third kappa shape index (κ3) is 1.57. The van der Waals surface area contributed by atoms with E-state index in [-0.39, 0.29) is 17.1 Å². The van der Waals surface area contributed by atoms with E-state index >= 15 is 0 Å². The van der Waals surface area contributed by atoms with Gasteiger partial charge in [0.25, 0.3) is 0 Å². The summed E-state index contributed by atoms with van der Waals surface area (Å²) in [6, 6.07) is 9.81. The van der Waals surface area contributed by atoms with Crippen LogP contribution in [-0.2, 0) is 9.53 Å². The molecule has 0 saturated carbocycles. The molecule has 0 radical (unpaired) electrons. The van der Waals surface area contributed by atoms with E-state index in [0.717, 1.165) is 4.90 Å². The summed E-state index contributed by atoms with van der Waals surface area (Å²) in [5.74, 6) is 0.128. The molecule has 16 heavy (non-hydrogen) atoms. The van der Waals surface area contributed by atoms with E-state index in [1.165, 1.54) is 11.8 Å². The van der Waals surface area contributed by atoms with Gasteiger partial charge in [0.1, 0.15) is 6.10 Å². The van der Waals surface area contributed by atoms with Gasteiger partial charge in [-0.25, -0.2) is 0 Å². The van der Waals surface area contributed by atoms with Crippen LogP contribution in [0.5, 0.6) is 0 Å². The second-order valence-corrected chi connectivity index (χ2v) is 5.40. The van der Waals surface area contributed by atoms with Gasteiger partial charge >= 0.3 is 0 Å². The summed E-state index contributed by atoms with van der Waals surface area (Å²) < 4.78 is 5.46. The van der Waals surface area contributed by atoms with Gasteiger partial charge in [-0.15, -0.1) is 11.8 Å². The number of fused-ring (bicyclic) bond motifs is 2. The highest BCUT2D eigenvalue weighted by molar-refractivity contribution is 8.00. The van der Waals surface area contributed by atoms with Gasteiger partial charge in [-0.3, -0.25) is 4.79 Å². The predicted molar refractivity (Wildman–Crippen MR) is 60.4 cm³/mol. The van der Waals surface area contributed by atoms with Crippen LogP contribution in [0.25, 0.3) is 0 Å². The summed E-state index contributed by atoms with van der Waals surface area (Å²) >= 11 is 1.53. The molecule has 2 aliphatic heterocycles. The van der Waals surface area contributed by atoms with Gasteiger partial charge in [-0.05, 0) is 12.1 Å². The van der Waals surface area contributed by atoms with Crippen molar-refractivity contribution in [1.82, 2.24) is 0 Å². The minimum Gasteiger partial charge on any atom is -0.389 e. The van der Waals surface area contributed by atoms with Crippen LogP contribution in [0.2, 0.25) is 0 Å². The van der Waals surface area contributed by atoms with E-state index in [1.807, 2.05) is 30.3 Å². The van der Waals surface area contributed by atoms with Crippen molar-refractivity contribution >= 4 is 17.5 Å². The molecular formula is C12H12O3S. The SMILES string of the molecule is O=C1C[C@H]2O[C@@H]1[C@@H](Sc1ccccc1)[C@@H]2O. The predicted octanol–water partition coefficient (Wildman–Crippen LogP) is 1.25. The van der Waals surface area contributed by atoms with Crippen molar-refractivity contribution in [2.75, 3.05) is 0 Å². The number of thioether (sulfide) groups is 1. The first-order chi connectivity index (χ1) is 7.75. The Hall–Kier alpha value is -0.840. The lowest BCUT2D eigenvalue weighted by atomic mass is 9.96. The highest BCUT2D eigenvalue weighted by atomic mass is 32.2. The van der Waals surface area contributed by atoms with E-state index in [9.17, 15) is 9.90 Å². The molecule has 2 fully saturated rings. The zero-order valence-electron chi connectivity index (χ0n) is 8.58. The van der Waals surface area contributed by atoms with Crippen LogP contribution in [0.4, 0.5) is 0 Å². The van der Waals surface area contributed by atoms with Crippen molar-refractivity contribution in [2.45, 2.75) is 34.9 Å². The lowest BCUT2D eigenvalue weighted by Gasteiger charge is -2.22. The highest BCUT2D eigenvalue weighted by Gasteiger charge is 2.53. The molecule has 3 nitrogen and oxygen atoms in total. The van der Waals surface area contributed by atoms with Crippen molar-refractivity contribution in [3.05, 3.63) is 30.3 Å². The van der Waals surface area contributed by atoms with E-state index in [0.29, 0.717) is 6.42 Å². The molecule has 0 spiro atoms. The number of rotatable bonds is 2. The van der Waals surface area contributed by atoms with Crippen LogP contribution >= 0.6 is 11.8 Å². The number of carbonyl (C=O) groups is 1. The average Bonchev–Trinajstić information content (AvgIpc) is 2.80. The molecule has 0 amide bonds. The first-order valence-electron chi connectivity index (χ1n) is 5.33. The molecule has 2 saturated heterocycles. The Morgan fingerprint density at radius 2 is 2.06 bits per heavy atom. The molecule has 3 rings (SSSR count). The molecular weight excluding hydrogens is 224 g/mol. The molecule has 2 bridgehead atoms. The fourth-order valence-electron chi connectivity index (χ4n) is 2.27. The first kappa shape index (κ1) is 10.3. The maximum absolute atomic E-state index is 11.5. The molecule has 2 heterocycles. The van der Waals surface area contributed by atoms with Crippen LogP contribution in [0, 0.1) is 0 Å². The van der Waals surface area contributed by atoms with Crippen LogP contribution in [-0.4, -0.2) is 34.5 Å². The zero-order valence-corrected chi connectivity index (χ0v) is 9.39. The topological polar surface area (TPSA) is 46.5 Å². The molecule has 1 aromatic carbocycles. The smallest absolute Gasteiger partial charge is 0.165 e. The van der Waals surface area contributed by atoms with Crippen molar-refractivity contribution in [1.29, 1.82) is 0 Å². The van der Waals surface area contributed by atoms with Gasteiger partial charge in [0.15, 0.2) is 5.78 Å². The maximum Gasteiger partial charge on any atom is 0.165 e. The Balaban J connectivity index is 1.79. The zero-order chi connectivity index (χ0) is 11.1. The molecule has 2 aliphatic rings. The number of ether oxygens (including phenoxy) is 1. The van der Waals surface area contributed by atoms with E-state index < -0.39 is 12.2 Å².